The maximum atomic E-state index is 11.8. The monoisotopic (exact) mass is 341 g/mol. The quantitative estimate of drug-likeness (QED) is 0.608. The second-order valence-corrected chi connectivity index (χ2v) is 5.73. The Kier molecular flexibility index (Phi) is 4.85. The number of amides is 2. The van der Waals surface area contributed by atoms with E-state index in [1.54, 1.807) is 18.2 Å². The molecule has 2 amide bonds. The van der Waals surface area contributed by atoms with E-state index in [-0.39, 0.29) is 13.1 Å². The van der Waals surface area contributed by atoms with Gasteiger partial charge in [-0.05, 0) is 41.3 Å². The fraction of sp³-hybridized carbons (Fsp3) is 0.222. The Labute approximate surface area is 144 Å². The van der Waals surface area contributed by atoms with Crippen LogP contribution in [0.3, 0.4) is 0 Å². The number of carbonyl (C=O) groups excluding carboxylic acids is 2. The van der Waals surface area contributed by atoms with Crippen LogP contribution < -0.4 is 10.6 Å². The third-order valence-electron chi connectivity index (χ3n) is 3.96. The molecule has 130 valence electrons. The van der Waals surface area contributed by atoms with E-state index in [0.29, 0.717) is 11.3 Å². The second kappa shape index (κ2) is 7.23. The number of fused-ring (bicyclic) bond motifs is 1. The van der Waals surface area contributed by atoms with Crippen molar-refractivity contribution in [2.45, 2.75) is 12.6 Å². The highest BCUT2D eigenvalue weighted by Crippen LogP contribution is 2.20. The van der Waals surface area contributed by atoms with Crippen LogP contribution in [-0.4, -0.2) is 28.0 Å². The average Bonchev–Trinajstić information content (AvgIpc) is 3.27. The molecule has 2 aromatic heterocycles. The van der Waals surface area contributed by atoms with Gasteiger partial charge in [0.15, 0.2) is 0 Å². The molecule has 0 aliphatic rings. The minimum atomic E-state index is -0.897. The Morgan fingerprint density at radius 1 is 1.20 bits per heavy atom. The van der Waals surface area contributed by atoms with Crippen LogP contribution in [0.5, 0.6) is 0 Å². The maximum Gasteiger partial charge on any atom is 0.309 e. The van der Waals surface area contributed by atoms with E-state index < -0.39 is 17.9 Å². The highest BCUT2D eigenvalue weighted by atomic mass is 16.3. The van der Waals surface area contributed by atoms with Crippen molar-refractivity contribution in [2.24, 2.45) is 7.05 Å². The Morgan fingerprint density at radius 3 is 2.76 bits per heavy atom. The lowest BCUT2D eigenvalue weighted by molar-refractivity contribution is -0.139. The molecule has 3 aromatic rings. The summed E-state index contributed by atoms with van der Waals surface area (Å²) in [6.45, 7) is 0.0812. The zero-order chi connectivity index (χ0) is 17.8. The molecule has 7 nitrogen and oxygen atoms in total. The lowest BCUT2D eigenvalue weighted by Gasteiger charge is -2.12. The first-order valence-electron chi connectivity index (χ1n) is 7.86. The number of aromatic nitrogens is 1. The van der Waals surface area contributed by atoms with Crippen LogP contribution in [0.25, 0.3) is 10.9 Å². The second-order valence-electron chi connectivity index (χ2n) is 5.73. The number of benzene rings is 1. The zero-order valence-corrected chi connectivity index (χ0v) is 13.7. The Morgan fingerprint density at radius 2 is 2.00 bits per heavy atom. The minimum Gasteiger partial charge on any atom is -0.467 e. The van der Waals surface area contributed by atoms with E-state index in [1.807, 2.05) is 36.0 Å². The fourth-order valence-electron chi connectivity index (χ4n) is 2.56. The van der Waals surface area contributed by atoms with Crippen molar-refractivity contribution >= 4 is 22.7 Å². The molecule has 1 aromatic carbocycles. The first kappa shape index (κ1) is 16.8. The van der Waals surface area contributed by atoms with Crippen molar-refractivity contribution in [1.82, 2.24) is 15.2 Å². The smallest absolute Gasteiger partial charge is 0.309 e. The lowest BCUT2D eigenvalue weighted by Crippen LogP contribution is -2.41. The largest absolute Gasteiger partial charge is 0.467 e. The van der Waals surface area contributed by atoms with Crippen LogP contribution >= 0.6 is 0 Å². The molecule has 25 heavy (non-hydrogen) atoms. The molecule has 3 N–H and O–H groups in total. The molecule has 0 bridgehead atoms. The van der Waals surface area contributed by atoms with E-state index in [9.17, 15) is 14.7 Å². The average molecular weight is 341 g/mol. The standard InChI is InChI=1S/C18H19N3O4/c1-21-7-6-12-9-13(4-5-15(12)21)16(22)11-20-18(24)17(23)19-10-14-3-2-8-25-14/h2-9,16,22H,10-11H2,1H3,(H,19,23)(H,20,24)/t16-/m1/s1. The van der Waals surface area contributed by atoms with Crippen LogP contribution in [0, 0.1) is 0 Å². The van der Waals surface area contributed by atoms with Crippen molar-refractivity contribution in [3.05, 3.63) is 60.2 Å². The highest BCUT2D eigenvalue weighted by molar-refractivity contribution is 6.35. The van der Waals surface area contributed by atoms with Crippen LogP contribution in [0.2, 0.25) is 0 Å². The summed E-state index contributed by atoms with van der Waals surface area (Å²) < 4.78 is 7.05. The van der Waals surface area contributed by atoms with Crippen LogP contribution in [-0.2, 0) is 23.2 Å². The van der Waals surface area contributed by atoms with Gasteiger partial charge in [-0.25, -0.2) is 0 Å². The fourth-order valence-corrected chi connectivity index (χ4v) is 2.56. The third kappa shape index (κ3) is 3.89. The SMILES string of the molecule is Cn1ccc2cc([C@H](O)CNC(=O)C(=O)NCc3ccco3)ccc21. The van der Waals surface area contributed by atoms with Gasteiger partial charge in [0.1, 0.15) is 5.76 Å². The van der Waals surface area contributed by atoms with E-state index >= 15 is 0 Å². The summed E-state index contributed by atoms with van der Waals surface area (Å²) >= 11 is 0. The van der Waals surface area contributed by atoms with E-state index in [2.05, 4.69) is 10.6 Å². The van der Waals surface area contributed by atoms with Crippen molar-refractivity contribution in [3.63, 3.8) is 0 Å². The summed E-state index contributed by atoms with van der Waals surface area (Å²) in [4.78, 5) is 23.5. The number of carbonyl (C=O) groups is 2. The zero-order valence-electron chi connectivity index (χ0n) is 13.7. The summed E-state index contributed by atoms with van der Waals surface area (Å²) in [7, 11) is 1.94. The van der Waals surface area contributed by atoms with Crippen LogP contribution in [0.1, 0.15) is 17.4 Å². The normalized spacial score (nSPS) is 12.1. The summed E-state index contributed by atoms with van der Waals surface area (Å²) in [6.07, 6.45) is 2.53. The number of furan rings is 1. The van der Waals surface area contributed by atoms with Gasteiger partial charge in [0.05, 0.1) is 18.9 Å². The molecule has 1 atom stereocenters. The molecule has 2 heterocycles. The van der Waals surface area contributed by atoms with Gasteiger partial charge in [0.25, 0.3) is 0 Å². The molecule has 0 aliphatic heterocycles. The Balaban J connectivity index is 1.52. The number of aryl methyl sites for hydroxylation is 1. The number of hydrogen-bond acceptors (Lipinski definition) is 4. The molecule has 0 saturated carbocycles. The van der Waals surface area contributed by atoms with Crippen molar-refractivity contribution in [2.75, 3.05) is 6.54 Å². The first-order valence-corrected chi connectivity index (χ1v) is 7.86. The molecule has 0 aliphatic carbocycles. The first-order chi connectivity index (χ1) is 12.0. The van der Waals surface area contributed by atoms with Gasteiger partial charge in [-0.1, -0.05) is 6.07 Å². The van der Waals surface area contributed by atoms with Gasteiger partial charge in [-0.3, -0.25) is 9.59 Å². The molecule has 0 fully saturated rings. The predicted octanol–water partition coefficient (Wildman–Crippen LogP) is 1.24. The predicted molar refractivity (Wildman–Crippen MR) is 91.4 cm³/mol. The molecule has 0 saturated heterocycles. The highest BCUT2D eigenvalue weighted by Gasteiger charge is 2.16. The minimum absolute atomic E-state index is 0.0503. The van der Waals surface area contributed by atoms with E-state index in [4.69, 9.17) is 4.42 Å². The number of nitrogens with zero attached hydrogens (tertiary/aromatic N) is 1. The molecule has 3 rings (SSSR count). The third-order valence-corrected chi connectivity index (χ3v) is 3.96. The maximum absolute atomic E-state index is 11.8. The Hall–Kier alpha value is -3.06. The summed E-state index contributed by atoms with van der Waals surface area (Å²) in [5.74, 6) is -1.02. The molecule has 0 unspecified atom stereocenters. The molecule has 0 radical (unpaired) electrons. The van der Waals surface area contributed by atoms with Crippen molar-refractivity contribution in [1.29, 1.82) is 0 Å². The summed E-state index contributed by atoms with van der Waals surface area (Å²) in [5.41, 5.74) is 1.73. The lowest BCUT2D eigenvalue weighted by atomic mass is 10.1. The number of hydrogen-bond donors (Lipinski definition) is 3. The van der Waals surface area contributed by atoms with Crippen molar-refractivity contribution in [3.8, 4) is 0 Å². The number of nitrogens with one attached hydrogen (secondary N) is 2. The number of rotatable bonds is 5. The summed E-state index contributed by atoms with van der Waals surface area (Å²) in [6, 6.07) is 10.9. The van der Waals surface area contributed by atoms with Gasteiger partial charge in [-0.2, -0.15) is 0 Å². The van der Waals surface area contributed by atoms with Gasteiger partial charge in [-0.15, -0.1) is 0 Å². The molecular formula is C18H19N3O4. The van der Waals surface area contributed by atoms with Gasteiger partial charge in [0.2, 0.25) is 0 Å². The van der Waals surface area contributed by atoms with Gasteiger partial charge >= 0.3 is 11.8 Å². The van der Waals surface area contributed by atoms with E-state index in [1.165, 1.54) is 6.26 Å². The Bertz CT molecular complexity index is 883. The molecule has 0 spiro atoms. The molecule has 7 heteroatoms. The number of aliphatic hydroxyl groups excluding tert-OH is 1. The summed E-state index contributed by atoms with van der Waals surface area (Å²) in [5, 5.41) is 16.1. The molecular weight excluding hydrogens is 322 g/mol. The topological polar surface area (TPSA) is 96.5 Å². The number of aliphatic hydroxyl groups is 1. The van der Waals surface area contributed by atoms with Crippen LogP contribution in [0.4, 0.5) is 0 Å². The van der Waals surface area contributed by atoms with Crippen LogP contribution in [0.15, 0.2) is 53.3 Å². The van der Waals surface area contributed by atoms with Crippen molar-refractivity contribution < 1.29 is 19.1 Å². The van der Waals surface area contributed by atoms with Gasteiger partial charge in [0, 0.05) is 25.3 Å². The van der Waals surface area contributed by atoms with E-state index in [0.717, 1.165) is 10.9 Å². The van der Waals surface area contributed by atoms with Gasteiger partial charge < -0.3 is 24.7 Å².